The third-order valence-corrected chi connectivity index (χ3v) is 9.41. The van der Waals surface area contributed by atoms with Gasteiger partial charge in [0, 0.05) is 24.8 Å². The van der Waals surface area contributed by atoms with E-state index < -0.39 is 14.1 Å². The molecule has 1 unspecified atom stereocenters. The Bertz CT molecular complexity index is 591. The molecule has 25 heavy (non-hydrogen) atoms. The first-order chi connectivity index (χ1) is 11.4. The summed E-state index contributed by atoms with van der Waals surface area (Å²) in [4.78, 5) is 11.9. The van der Waals surface area contributed by atoms with Crippen LogP contribution in [0.1, 0.15) is 33.3 Å². The highest BCUT2D eigenvalue weighted by molar-refractivity contribution is 6.74. The van der Waals surface area contributed by atoms with E-state index in [1.807, 2.05) is 6.92 Å². The first-order valence-electron chi connectivity index (χ1n) is 8.51. The molecule has 4 nitrogen and oxygen atoms in total. The number of benzene rings is 1. The van der Waals surface area contributed by atoms with Gasteiger partial charge in [0.2, 0.25) is 5.91 Å². The predicted molar refractivity (Wildman–Crippen MR) is 104 cm³/mol. The smallest absolute Gasteiger partial charge is 0.234 e. The van der Waals surface area contributed by atoms with E-state index in [1.165, 1.54) is 6.07 Å². The van der Waals surface area contributed by atoms with Crippen molar-refractivity contribution in [3.05, 3.63) is 34.6 Å². The molecule has 1 atom stereocenters. The van der Waals surface area contributed by atoms with Crippen LogP contribution in [-0.4, -0.2) is 33.4 Å². The average molecular weight is 389 g/mol. The van der Waals surface area contributed by atoms with Gasteiger partial charge in [-0.05, 0) is 31.1 Å². The number of hydrogen-bond acceptors (Lipinski definition) is 3. The molecule has 2 N–H and O–H groups in total. The van der Waals surface area contributed by atoms with Gasteiger partial charge in [0.15, 0.2) is 8.32 Å². The van der Waals surface area contributed by atoms with Gasteiger partial charge in [0.1, 0.15) is 5.82 Å². The predicted octanol–water partition coefficient (Wildman–Crippen LogP) is 4.10. The van der Waals surface area contributed by atoms with Crippen LogP contribution in [0.4, 0.5) is 4.39 Å². The van der Waals surface area contributed by atoms with Gasteiger partial charge < -0.3 is 15.1 Å². The average Bonchev–Trinajstić information content (AvgIpc) is 2.51. The van der Waals surface area contributed by atoms with Crippen molar-refractivity contribution in [3.63, 3.8) is 0 Å². The summed E-state index contributed by atoms with van der Waals surface area (Å²) in [6.45, 7) is 13.8. The van der Waals surface area contributed by atoms with Crippen molar-refractivity contribution in [2.24, 2.45) is 0 Å². The molecule has 0 aliphatic rings. The Labute approximate surface area is 156 Å². The lowest BCUT2D eigenvalue weighted by molar-refractivity contribution is -0.120. The second-order valence-electron chi connectivity index (χ2n) is 7.84. The molecule has 1 aromatic carbocycles. The second kappa shape index (κ2) is 9.12. The van der Waals surface area contributed by atoms with Crippen LogP contribution in [0.2, 0.25) is 23.2 Å². The van der Waals surface area contributed by atoms with E-state index in [0.717, 1.165) is 0 Å². The largest absolute Gasteiger partial charge is 0.415 e. The number of carbonyl (C=O) groups is 1. The number of nitrogens with one attached hydrogen (secondary N) is 2. The van der Waals surface area contributed by atoms with E-state index in [2.05, 4.69) is 44.5 Å². The first-order valence-corrected chi connectivity index (χ1v) is 11.8. The highest BCUT2D eigenvalue weighted by Gasteiger charge is 2.37. The zero-order valence-corrected chi connectivity index (χ0v) is 17.8. The highest BCUT2D eigenvalue weighted by atomic mass is 35.5. The zero-order chi connectivity index (χ0) is 19.3. The number of rotatable bonds is 8. The summed E-state index contributed by atoms with van der Waals surface area (Å²) < 4.78 is 19.9. The number of amides is 1. The SMILES string of the molecule is CC(CO[Si](C)(C)C(C)(C)C)NCC(=O)NCc1cccc(Cl)c1F. The van der Waals surface area contributed by atoms with Crippen LogP contribution in [0.3, 0.4) is 0 Å². The Kier molecular flexibility index (Phi) is 8.06. The summed E-state index contributed by atoms with van der Waals surface area (Å²) in [5.41, 5.74) is 0.371. The van der Waals surface area contributed by atoms with Crippen molar-refractivity contribution < 1.29 is 13.6 Å². The van der Waals surface area contributed by atoms with Crippen LogP contribution in [0.5, 0.6) is 0 Å². The van der Waals surface area contributed by atoms with Gasteiger partial charge in [-0.3, -0.25) is 4.79 Å². The van der Waals surface area contributed by atoms with Gasteiger partial charge in [-0.15, -0.1) is 0 Å². The van der Waals surface area contributed by atoms with E-state index in [0.29, 0.717) is 12.2 Å². The molecule has 1 aromatic rings. The molecule has 0 aliphatic heterocycles. The molecule has 0 saturated heterocycles. The maximum Gasteiger partial charge on any atom is 0.234 e. The van der Waals surface area contributed by atoms with Gasteiger partial charge in [0.05, 0.1) is 11.6 Å². The summed E-state index contributed by atoms with van der Waals surface area (Å²) in [5, 5.41) is 6.04. The molecule has 7 heteroatoms. The van der Waals surface area contributed by atoms with E-state index in [1.54, 1.807) is 12.1 Å². The fourth-order valence-electron chi connectivity index (χ4n) is 1.82. The lowest BCUT2D eigenvalue weighted by Crippen LogP contribution is -2.46. The van der Waals surface area contributed by atoms with E-state index in [4.69, 9.17) is 16.0 Å². The summed E-state index contributed by atoms with van der Waals surface area (Å²) >= 11 is 5.72. The van der Waals surface area contributed by atoms with E-state index in [9.17, 15) is 9.18 Å². The van der Waals surface area contributed by atoms with Crippen LogP contribution in [0.15, 0.2) is 18.2 Å². The monoisotopic (exact) mass is 388 g/mol. The second-order valence-corrected chi connectivity index (χ2v) is 13.1. The van der Waals surface area contributed by atoms with Crippen LogP contribution in [0.25, 0.3) is 0 Å². The zero-order valence-electron chi connectivity index (χ0n) is 16.0. The standard InChI is InChI=1S/C18H30ClFN2O2Si/c1-13(12-24-25(5,6)18(2,3)4)21-11-16(23)22-10-14-8-7-9-15(19)17(14)20/h7-9,13,21H,10-12H2,1-6H3,(H,22,23). The number of hydrogen-bond donors (Lipinski definition) is 2. The minimum absolute atomic E-state index is 0.0567. The Morgan fingerprint density at radius 1 is 1.36 bits per heavy atom. The van der Waals surface area contributed by atoms with Crippen molar-refractivity contribution in [3.8, 4) is 0 Å². The molecule has 0 heterocycles. The lowest BCUT2D eigenvalue weighted by atomic mass is 10.2. The molecule has 0 aromatic heterocycles. The van der Waals surface area contributed by atoms with Crippen LogP contribution in [-0.2, 0) is 15.8 Å². The van der Waals surface area contributed by atoms with Crippen molar-refractivity contribution in [1.29, 1.82) is 0 Å². The maximum atomic E-state index is 13.8. The van der Waals surface area contributed by atoms with Gasteiger partial charge in [0.25, 0.3) is 0 Å². The van der Waals surface area contributed by atoms with Gasteiger partial charge in [-0.1, -0.05) is 44.5 Å². The molecule has 1 rings (SSSR count). The number of halogens is 2. The number of carbonyl (C=O) groups excluding carboxylic acids is 1. The molecule has 0 radical (unpaired) electrons. The van der Waals surface area contributed by atoms with Gasteiger partial charge >= 0.3 is 0 Å². The van der Waals surface area contributed by atoms with Gasteiger partial charge in [-0.2, -0.15) is 0 Å². The molecule has 0 saturated carbocycles. The van der Waals surface area contributed by atoms with Crippen LogP contribution in [0, 0.1) is 5.82 Å². The summed E-state index contributed by atoms with van der Waals surface area (Å²) in [6.07, 6.45) is 0. The maximum absolute atomic E-state index is 13.8. The summed E-state index contributed by atoms with van der Waals surface area (Å²) in [5.74, 6) is -0.688. The fraction of sp³-hybridized carbons (Fsp3) is 0.611. The quantitative estimate of drug-likeness (QED) is 0.659. The Hall–Kier alpha value is -0.953. The third-order valence-electron chi connectivity index (χ3n) is 4.62. The fourth-order valence-corrected chi connectivity index (χ4v) is 3.11. The van der Waals surface area contributed by atoms with Crippen molar-refractivity contribution in [1.82, 2.24) is 10.6 Å². The molecular formula is C18H30ClFN2O2Si. The molecule has 0 fully saturated rings. The topological polar surface area (TPSA) is 50.4 Å². The Balaban J connectivity index is 2.35. The molecule has 142 valence electrons. The van der Waals surface area contributed by atoms with Crippen molar-refractivity contribution in [2.45, 2.75) is 58.4 Å². The molecule has 0 bridgehead atoms. The van der Waals surface area contributed by atoms with Crippen LogP contribution < -0.4 is 10.6 Å². The molecule has 0 aliphatic carbocycles. The van der Waals surface area contributed by atoms with E-state index >= 15 is 0 Å². The lowest BCUT2D eigenvalue weighted by Gasteiger charge is -2.37. The molecular weight excluding hydrogens is 359 g/mol. The van der Waals surface area contributed by atoms with Crippen molar-refractivity contribution >= 4 is 25.8 Å². The molecule has 0 spiro atoms. The first kappa shape index (κ1) is 22.1. The van der Waals surface area contributed by atoms with Gasteiger partial charge in [-0.25, -0.2) is 4.39 Å². The molecule has 1 amide bonds. The summed E-state index contributed by atoms with van der Waals surface area (Å²) in [7, 11) is -1.79. The minimum Gasteiger partial charge on any atom is -0.415 e. The van der Waals surface area contributed by atoms with Crippen molar-refractivity contribution in [2.75, 3.05) is 13.2 Å². The minimum atomic E-state index is -1.79. The Morgan fingerprint density at radius 2 is 2.00 bits per heavy atom. The normalized spacial score (nSPS) is 13.6. The highest BCUT2D eigenvalue weighted by Crippen LogP contribution is 2.36. The summed E-state index contributed by atoms with van der Waals surface area (Å²) in [6, 6.07) is 4.80. The van der Waals surface area contributed by atoms with Crippen LogP contribution >= 0.6 is 11.6 Å². The third kappa shape index (κ3) is 7.05. The van der Waals surface area contributed by atoms with E-state index in [-0.39, 0.29) is 35.1 Å². The Morgan fingerprint density at radius 3 is 2.60 bits per heavy atom.